The smallest absolute Gasteiger partial charge is 0.142 e. The number of pyridine rings is 2. The second-order valence-corrected chi connectivity index (χ2v) is 5.71. The molecular formula is C17H10BrFN4. The summed E-state index contributed by atoms with van der Waals surface area (Å²) >= 11 is 3.22. The quantitative estimate of drug-likeness (QED) is 0.736. The van der Waals surface area contributed by atoms with Gasteiger partial charge in [0.15, 0.2) is 0 Å². The van der Waals surface area contributed by atoms with Crippen molar-refractivity contribution in [3.63, 3.8) is 0 Å². The van der Waals surface area contributed by atoms with Crippen LogP contribution >= 0.6 is 15.9 Å². The van der Waals surface area contributed by atoms with Gasteiger partial charge in [-0.25, -0.2) is 9.37 Å². The summed E-state index contributed by atoms with van der Waals surface area (Å²) in [5, 5.41) is 9.35. The Bertz CT molecular complexity index is 920. The van der Waals surface area contributed by atoms with Crippen molar-refractivity contribution in [1.82, 2.24) is 9.97 Å². The normalized spacial score (nSPS) is 10.3. The standard InChI is InChI=1S/C17H10BrFN4/c18-11-3-4-12(15(19)6-11)13-7-16(10-2-1-5-22-9-10)23-17(21)14(13)8-20/h1-7,9H,(H2,21,23). The van der Waals surface area contributed by atoms with Crippen molar-refractivity contribution < 1.29 is 4.39 Å². The number of benzene rings is 1. The predicted octanol–water partition coefficient (Wildman–Crippen LogP) is 4.17. The summed E-state index contributed by atoms with van der Waals surface area (Å²) in [6.07, 6.45) is 3.28. The van der Waals surface area contributed by atoms with Crippen LogP contribution in [0.1, 0.15) is 5.56 Å². The monoisotopic (exact) mass is 368 g/mol. The highest BCUT2D eigenvalue weighted by Crippen LogP contribution is 2.33. The molecule has 0 saturated carbocycles. The van der Waals surface area contributed by atoms with Crippen LogP contribution in [0, 0.1) is 17.1 Å². The zero-order valence-corrected chi connectivity index (χ0v) is 13.4. The largest absolute Gasteiger partial charge is 0.383 e. The van der Waals surface area contributed by atoms with Crippen molar-refractivity contribution in [1.29, 1.82) is 5.26 Å². The van der Waals surface area contributed by atoms with Gasteiger partial charge in [0, 0.05) is 33.6 Å². The molecule has 0 atom stereocenters. The number of aromatic nitrogens is 2. The van der Waals surface area contributed by atoms with E-state index in [9.17, 15) is 9.65 Å². The molecule has 0 amide bonds. The molecule has 112 valence electrons. The first-order valence-electron chi connectivity index (χ1n) is 6.66. The van der Waals surface area contributed by atoms with Crippen LogP contribution in [-0.4, -0.2) is 9.97 Å². The number of hydrogen-bond donors (Lipinski definition) is 1. The second kappa shape index (κ2) is 6.15. The van der Waals surface area contributed by atoms with E-state index in [0.29, 0.717) is 21.3 Å². The SMILES string of the molecule is N#Cc1c(-c2ccc(Br)cc2F)cc(-c2cccnc2)nc1N. The fraction of sp³-hybridized carbons (Fsp3) is 0. The number of hydrogen-bond acceptors (Lipinski definition) is 4. The van der Waals surface area contributed by atoms with Crippen molar-refractivity contribution in [2.24, 2.45) is 0 Å². The van der Waals surface area contributed by atoms with Gasteiger partial charge >= 0.3 is 0 Å². The highest BCUT2D eigenvalue weighted by molar-refractivity contribution is 9.10. The third-order valence-electron chi connectivity index (χ3n) is 3.34. The van der Waals surface area contributed by atoms with Crippen molar-refractivity contribution in [2.45, 2.75) is 0 Å². The van der Waals surface area contributed by atoms with Crippen molar-refractivity contribution in [2.75, 3.05) is 5.73 Å². The van der Waals surface area contributed by atoms with E-state index in [4.69, 9.17) is 5.73 Å². The average Bonchev–Trinajstić information content (AvgIpc) is 2.55. The highest BCUT2D eigenvalue weighted by Gasteiger charge is 2.16. The van der Waals surface area contributed by atoms with Crippen LogP contribution in [0.3, 0.4) is 0 Å². The van der Waals surface area contributed by atoms with Crippen molar-refractivity contribution in [3.8, 4) is 28.5 Å². The fourth-order valence-electron chi connectivity index (χ4n) is 2.26. The lowest BCUT2D eigenvalue weighted by molar-refractivity contribution is 0.630. The molecule has 0 radical (unpaired) electrons. The van der Waals surface area contributed by atoms with Gasteiger partial charge in [0.1, 0.15) is 23.3 Å². The molecule has 3 aromatic rings. The van der Waals surface area contributed by atoms with Crippen LogP contribution in [-0.2, 0) is 0 Å². The summed E-state index contributed by atoms with van der Waals surface area (Å²) < 4.78 is 14.9. The molecule has 6 heteroatoms. The molecule has 0 bridgehead atoms. The maximum absolute atomic E-state index is 14.3. The summed E-state index contributed by atoms with van der Waals surface area (Å²) in [6, 6.07) is 11.9. The summed E-state index contributed by atoms with van der Waals surface area (Å²) in [6.45, 7) is 0. The zero-order valence-electron chi connectivity index (χ0n) is 11.8. The fourth-order valence-corrected chi connectivity index (χ4v) is 2.60. The first-order chi connectivity index (χ1) is 11.1. The van der Waals surface area contributed by atoms with Crippen LogP contribution in [0.4, 0.5) is 10.2 Å². The molecule has 4 nitrogen and oxygen atoms in total. The van der Waals surface area contributed by atoms with Gasteiger partial charge in [-0.3, -0.25) is 4.98 Å². The Morgan fingerprint density at radius 2 is 2.00 bits per heavy atom. The number of nitrogens with two attached hydrogens (primary N) is 1. The van der Waals surface area contributed by atoms with E-state index in [0.717, 1.165) is 5.56 Å². The second-order valence-electron chi connectivity index (χ2n) is 4.79. The third kappa shape index (κ3) is 2.91. The van der Waals surface area contributed by atoms with Gasteiger partial charge in [0.05, 0.1) is 5.69 Å². The van der Waals surface area contributed by atoms with Crippen LogP contribution < -0.4 is 5.73 Å². The van der Waals surface area contributed by atoms with E-state index in [1.54, 1.807) is 36.7 Å². The number of rotatable bonds is 2. The van der Waals surface area contributed by atoms with Crippen LogP contribution in [0.15, 0.2) is 53.3 Å². The number of halogens is 2. The molecule has 0 saturated heterocycles. The molecule has 23 heavy (non-hydrogen) atoms. The number of nitrogens with zero attached hydrogens (tertiary/aromatic N) is 3. The zero-order chi connectivity index (χ0) is 16.4. The van der Waals surface area contributed by atoms with Gasteiger partial charge in [-0.2, -0.15) is 5.26 Å². The topological polar surface area (TPSA) is 75.6 Å². The molecule has 2 N–H and O–H groups in total. The maximum Gasteiger partial charge on any atom is 0.142 e. The summed E-state index contributed by atoms with van der Waals surface area (Å²) in [4.78, 5) is 8.27. The minimum atomic E-state index is -0.446. The molecule has 0 aliphatic heterocycles. The van der Waals surface area contributed by atoms with Gasteiger partial charge in [0.2, 0.25) is 0 Å². The van der Waals surface area contributed by atoms with E-state index in [-0.39, 0.29) is 11.4 Å². The highest BCUT2D eigenvalue weighted by atomic mass is 79.9. The number of nitriles is 1. The van der Waals surface area contributed by atoms with Crippen LogP contribution in [0.25, 0.3) is 22.4 Å². The first kappa shape index (κ1) is 15.1. The predicted molar refractivity (Wildman–Crippen MR) is 89.7 cm³/mol. The van der Waals surface area contributed by atoms with Crippen LogP contribution in [0.2, 0.25) is 0 Å². The molecule has 2 aromatic heterocycles. The Labute approximate surface area is 140 Å². The molecule has 2 heterocycles. The minimum Gasteiger partial charge on any atom is -0.383 e. The van der Waals surface area contributed by atoms with Crippen molar-refractivity contribution >= 4 is 21.7 Å². The number of anilines is 1. The van der Waals surface area contributed by atoms with Gasteiger partial charge < -0.3 is 5.73 Å². The van der Waals surface area contributed by atoms with E-state index in [1.807, 2.05) is 12.1 Å². The lowest BCUT2D eigenvalue weighted by Crippen LogP contribution is -2.00. The van der Waals surface area contributed by atoms with E-state index in [2.05, 4.69) is 25.9 Å². The van der Waals surface area contributed by atoms with Gasteiger partial charge in [-0.05, 0) is 30.3 Å². The van der Waals surface area contributed by atoms with Gasteiger partial charge in [-0.1, -0.05) is 22.0 Å². The third-order valence-corrected chi connectivity index (χ3v) is 3.83. The molecule has 3 rings (SSSR count). The van der Waals surface area contributed by atoms with Crippen LogP contribution in [0.5, 0.6) is 0 Å². The molecule has 0 aliphatic rings. The Morgan fingerprint density at radius 1 is 1.17 bits per heavy atom. The summed E-state index contributed by atoms with van der Waals surface area (Å²) in [5.74, 6) is -0.384. The van der Waals surface area contributed by atoms with Crippen molar-refractivity contribution in [3.05, 3.63) is 64.6 Å². The van der Waals surface area contributed by atoms with Gasteiger partial charge in [-0.15, -0.1) is 0 Å². The van der Waals surface area contributed by atoms with E-state index in [1.165, 1.54) is 6.07 Å². The molecular weight excluding hydrogens is 359 g/mol. The molecule has 0 fully saturated rings. The Kier molecular flexibility index (Phi) is 4.04. The van der Waals surface area contributed by atoms with Gasteiger partial charge in [0.25, 0.3) is 0 Å². The Morgan fingerprint density at radius 3 is 2.65 bits per heavy atom. The van der Waals surface area contributed by atoms with E-state index < -0.39 is 5.82 Å². The van der Waals surface area contributed by atoms with E-state index >= 15 is 0 Å². The number of nitrogen functional groups attached to an aromatic ring is 1. The molecule has 0 aliphatic carbocycles. The Hall–Kier alpha value is -2.78. The first-order valence-corrected chi connectivity index (χ1v) is 7.46. The molecule has 1 aromatic carbocycles. The lowest BCUT2D eigenvalue weighted by atomic mass is 9.98. The lowest BCUT2D eigenvalue weighted by Gasteiger charge is -2.11. The Balaban J connectivity index is 2.27. The maximum atomic E-state index is 14.3. The average molecular weight is 369 g/mol. The molecule has 0 unspecified atom stereocenters. The summed E-state index contributed by atoms with van der Waals surface area (Å²) in [5.41, 5.74) is 8.03. The minimum absolute atomic E-state index is 0.0613. The summed E-state index contributed by atoms with van der Waals surface area (Å²) in [7, 11) is 0. The molecule has 0 spiro atoms.